The summed E-state index contributed by atoms with van der Waals surface area (Å²) in [6.45, 7) is 0.250. The van der Waals surface area contributed by atoms with Crippen molar-refractivity contribution in [1.29, 1.82) is 0 Å². The molecule has 3 aromatic rings. The van der Waals surface area contributed by atoms with Crippen molar-refractivity contribution in [2.24, 2.45) is 10.7 Å². The van der Waals surface area contributed by atoms with Crippen molar-refractivity contribution in [3.05, 3.63) is 71.3 Å². The van der Waals surface area contributed by atoms with Crippen molar-refractivity contribution in [2.45, 2.75) is 5.54 Å². The van der Waals surface area contributed by atoms with E-state index in [1.165, 1.54) is 6.08 Å². The van der Waals surface area contributed by atoms with Crippen LogP contribution in [0.1, 0.15) is 32.4 Å². The largest absolute Gasteiger partial charge is 0.370 e. The molecular weight excluding hydrogens is 772 g/mol. The molecule has 0 bridgehead atoms. The van der Waals surface area contributed by atoms with Gasteiger partial charge in [-0.1, -0.05) is 12.2 Å². The Morgan fingerprint density at radius 2 is 1.49 bits per heavy atom. The number of carbonyl (C=O) groups is 3. The Morgan fingerprint density at radius 1 is 0.923 bits per heavy atom. The zero-order valence-electron chi connectivity index (χ0n) is 19.7. The minimum atomic E-state index is -1.61. The van der Waals surface area contributed by atoms with E-state index < -0.39 is 11.4 Å². The Balaban J connectivity index is 1.49. The highest BCUT2D eigenvalue weighted by atomic mass is 79.9. The van der Waals surface area contributed by atoms with E-state index in [0.717, 1.165) is 4.47 Å². The molecule has 1 atom stereocenters. The standard InChI is InChI=1S/C22H20Br4N10O3/c23-9-7-12(31-15(9)25)17(37)29-5-1-3-11-14(34-20(27)33-11)22(19(39)35-21(28)36-22)4-2-6-30-18(38)13-8-10(24)16(26)32-13/h1-4,7-8,31-32H,5-6H2,(H,29,37)(H,30,38)(H3,27,33,34)(H3,28,35,36,39)/b3-1+,4-2+. The maximum atomic E-state index is 13.0. The number of nitrogens with one attached hydrogen (secondary N) is 6. The third-order valence-electron chi connectivity index (χ3n) is 5.35. The van der Waals surface area contributed by atoms with Crippen LogP contribution in [-0.4, -0.2) is 56.7 Å². The molecule has 4 rings (SSSR count). The van der Waals surface area contributed by atoms with Crippen LogP contribution in [0.4, 0.5) is 5.95 Å². The minimum absolute atomic E-state index is 0.0484. The van der Waals surface area contributed by atoms with E-state index in [1.54, 1.807) is 30.4 Å². The number of aromatic amines is 3. The minimum Gasteiger partial charge on any atom is -0.370 e. The van der Waals surface area contributed by atoms with Gasteiger partial charge >= 0.3 is 0 Å². The molecule has 3 aromatic heterocycles. The Kier molecular flexibility index (Phi) is 8.83. The van der Waals surface area contributed by atoms with Gasteiger partial charge in [0.2, 0.25) is 5.54 Å². The number of hydrogen-bond acceptors (Lipinski definition) is 7. The second-order valence-corrected chi connectivity index (χ2v) is 11.3. The number of halogens is 4. The number of aromatic nitrogens is 4. The summed E-state index contributed by atoms with van der Waals surface area (Å²) in [4.78, 5) is 55.0. The van der Waals surface area contributed by atoms with Crippen LogP contribution in [0.2, 0.25) is 0 Å². The molecule has 0 spiro atoms. The molecule has 1 aliphatic heterocycles. The molecular formula is C22H20Br4N10O3. The zero-order chi connectivity index (χ0) is 28.3. The number of nitrogens with two attached hydrogens (primary N) is 2. The van der Waals surface area contributed by atoms with E-state index in [2.05, 4.69) is 105 Å². The fraction of sp³-hybridized carbons (Fsp3) is 0.136. The zero-order valence-corrected chi connectivity index (χ0v) is 26.0. The van der Waals surface area contributed by atoms with Gasteiger partial charge in [0.25, 0.3) is 17.7 Å². The van der Waals surface area contributed by atoms with E-state index in [1.807, 2.05) is 0 Å². The molecule has 0 saturated carbocycles. The predicted octanol–water partition coefficient (Wildman–Crippen LogP) is 2.77. The first-order valence-electron chi connectivity index (χ1n) is 11.0. The molecule has 0 fully saturated rings. The van der Waals surface area contributed by atoms with Gasteiger partial charge in [-0.15, -0.1) is 0 Å². The van der Waals surface area contributed by atoms with Crippen molar-refractivity contribution in [1.82, 2.24) is 35.9 Å². The lowest BCUT2D eigenvalue weighted by atomic mass is 9.93. The van der Waals surface area contributed by atoms with Crippen molar-refractivity contribution in [3.63, 3.8) is 0 Å². The first kappa shape index (κ1) is 28.8. The predicted molar refractivity (Wildman–Crippen MR) is 160 cm³/mol. The van der Waals surface area contributed by atoms with Crippen LogP contribution in [-0.2, 0) is 10.3 Å². The van der Waals surface area contributed by atoms with Crippen molar-refractivity contribution in [3.8, 4) is 0 Å². The smallest absolute Gasteiger partial charge is 0.268 e. The summed E-state index contributed by atoms with van der Waals surface area (Å²) in [6.07, 6.45) is 6.31. The summed E-state index contributed by atoms with van der Waals surface area (Å²) in [5.74, 6) is -1.25. The molecule has 1 unspecified atom stereocenters. The van der Waals surface area contributed by atoms with E-state index >= 15 is 0 Å². The summed E-state index contributed by atoms with van der Waals surface area (Å²) in [5.41, 5.74) is 11.4. The number of amides is 3. The molecule has 1 aliphatic rings. The summed E-state index contributed by atoms with van der Waals surface area (Å²) in [5, 5.41) is 7.96. The fourth-order valence-corrected chi connectivity index (χ4v) is 4.92. The van der Waals surface area contributed by atoms with E-state index in [9.17, 15) is 14.4 Å². The summed E-state index contributed by atoms with van der Waals surface area (Å²) in [6, 6.07) is 3.27. The van der Waals surface area contributed by atoms with Crippen LogP contribution in [0.25, 0.3) is 6.08 Å². The third kappa shape index (κ3) is 6.37. The molecule has 3 amide bonds. The first-order chi connectivity index (χ1) is 18.5. The van der Waals surface area contributed by atoms with Gasteiger partial charge in [-0.2, -0.15) is 0 Å². The topological polar surface area (TPSA) is 212 Å². The SMILES string of the molecule is NC1=NC(/C=C/CNC(=O)c2cc(Br)c(Br)[nH]2)(c2[nH]c(N)nc2/C=C/CNC(=O)c2cc(Br)c(Br)[nH]2)C(=O)N1. The molecule has 13 nitrogen and oxygen atoms in total. The molecule has 39 heavy (non-hydrogen) atoms. The monoisotopic (exact) mass is 788 g/mol. The second kappa shape index (κ2) is 11.9. The Labute approximate surface area is 254 Å². The molecule has 0 saturated heterocycles. The van der Waals surface area contributed by atoms with Gasteiger partial charge in [-0.3, -0.25) is 19.7 Å². The van der Waals surface area contributed by atoms with Gasteiger partial charge in [0.05, 0.1) is 29.5 Å². The van der Waals surface area contributed by atoms with Crippen LogP contribution in [0.3, 0.4) is 0 Å². The molecule has 10 N–H and O–H groups in total. The number of carbonyl (C=O) groups excluding carboxylic acids is 3. The van der Waals surface area contributed by atoms with Crippen molar-refractivity contribution >= 4 is 99.4 Å². The number of H-pyrrole nitrogens is 3. The van der Waals surface area contributed by atoms with Crippen molar-refractivity contribution < 1.29 is 14.4 Å². The van der Waals surface area contributed by atoms with Crippen LogP contribution in [0.5, 0.6) is 0 Å². The first-order valence-corrected chi connectivity index (χ1v) is 14.2. The molecule has 204 valence electrons. The lowest BCUT2D eigenvalue weighted by Crippen LogP contribution is -2.38. The fourth-order valence-electron chi connectivity index (χ4n) is 3.61. The molecule has 17 heteroatoms. The summed E-state index contributed by atoms with van der Waals surface area (Å²) >= 11 is 13.2. The Morgan fingerprint density at radius 3 is 1.97 bits per heavy atom. The number of nitrogens with zero attached hydrogens (tertiary/aromatic N) is 2. The number of hydrogen-bond donors (Lipinski definition) is 8. The van der Waals surface area contributed by atoms with E-state index in [-0.39, 0.29) is 42.5 Å². The van der Waals surface area contributed by atoms with E-state index in [0.29, 0.717) is 30.8 Å². The van der Waals surface area contributed by atoms with Gasteiger partial charge in [0.1, 0.15) is 11.4 Å². The summed E-state index contributed by atoms with van der Waals surface area (Å²) < 4.78 is 2.71. The molecule has 4 heterocycles. The highest BCUT2D eigenvalue weighted by Crippen LogP contribution is 2.33. The Hall–Kier alpha value is -3.15. The van der Waals surface area contributed by atoms with Crippen LogP contribution in [0, 0.1) is 0 Å². The number of anilines is 1. The van der Waals surface area contributed by atoms with Crippen LogP contribution >= 0.6 is 63.7 Å². The average Bonchev–Trinajstić information content (AvgIpc) is 3.60. The number of rotatable bonds is 9. The van der Waals surface area contributed by atoms with Gasteiger partial charge < -0.3 is 37.1 Å². The number of nitrogen functional groups attached to an aromatic ring is 1. The number of guanidine groups is 1. The quantitative estimate of drug-likeness (QED) is 0.153. The van der Waals surface area contributed by atoms with Gasteiger partial charge in [0.15, 0.2) is 11.9 Å². The highest BCUT2D eigenvalue weighted by Gasteiger charge is 2.45. The number of imidazole rings is 1. The maximum Gasteiger partial charge on any atom is 0.268 e. The van der Waals surface area contributed by atoms with Gasteiger partial charge in [0, 0.05) is 13.1 Å². The van der Waals surface area contributed by atoms with Crippen LogP contribution < -0.4 is 27.4 Å². The molecule has 0 aromatic carbocycles. The van der Waals surface area contributed by atoms with Crippen LogP contribution in [0.15, 0.2) is 53.5 Å². The van der Waals surface area contributed by atoms with Gasteiger partial charge in [-0.25, -0.2) is 9.98 Å². The molecule has 0 aliphatic carbocycles. The number of aliphatic imine (C=N–C) groups is 1. The van der Waals surface area contributed by atoms with Gasteiger partial charge in [-0.05, 0) is 88.0 Å². The lowest BCUT2D eigenvalue weighted by molar-refractivity contribution is -0.122. The molecule has 0 radical (unpaired) electrons. The second-order valence-electron chi connectivity index (χ2n) is 8.01. The third-order valence-corrected chi connectivity index (χ3v) is 8.92. The maximum absolute atomic E-state index is 13.0. The highest BCUT2D eigenvalue weighted by molar-refractivity contribution is 9.13. The summed E-state index contributed by atoms with van der Waals surface area (Å²) in [7, 11) is 0. The average molecular weight is 792 g/mol. The van der Waals surface area contributed by atoms with E-state index in [4.69, 9.17) is 11.5 Å². The normalized spacial score (nSPS) is 17.1. The lowest BCUT2D eigenvalue weighted by Gasteiger charge is -2.18. The Bertz CT molecular complexity index is 1500. The van der Waals surface area contributed by atoms with Crippen molar-refractivity contribution in [2.75, 3.05) is 18.8 Å².